The Morgan fingerprint density at radius 1 is 1.25 bits per heavy atom. The van der Waals surface area contributed by atoms with Gasteiger partial charge in [0.1, 0.15) is 0 Å². The fourth-order valence-electron chi connectivity index (χ4n) is 4.94. The second-order valence-corrected chi connectivity index (χ2v) is 8.96. The van der Waals surface area contributed by atoms with Gasteiger partial charge in [-0.15, -0.1) is 5.10 Å². The lowest BCUT2D eigenvalue weighted by atomic mass is 9.95. The third-order valence-corrected chi connectivity index (χ3v) is 6.62. The minimum Gasteiger partial charge on any atom is -0.396 e. The van der Waals surface area contributed by atoms with Crippen LogP contribution >= 0.6 is 0 Å². The van der Waals surface area contributed by atoms with E-state index in [1.165, 1.54) is 19.3 Å². The second-order valence-electron chi connectivity index (χ2n) is 8.96. The van der Waals surface area contributed by atoms with E-state index < -0.39 is 0 Å². The molecule has 0 saturated heterocycles. The van der Waals surface area contributed by atoms with E-state index in [-0.39, 0.29) is 18.2 Å². The van der Waals surface area contributed by atoms with Gasteiger partial charge in [0.05, 0.1) is 12.1 Å². The van der Waals surface area contributed by atoms with Crippen LogP contribution < -0.4 is 5.56 Å². The van der Waals surface area contributed by atoms with Gasteiger partial charge >= 0.3 is 0 Å². The molecule has 0 amide bonds. The number of nitrogens with one attached hydrogen (secondary N) is 1. The Morgan fingerprint density at radius 3 is 2.81 bits per heavy atom. The number of aryl methyl sites for hydroxylation is 1. The highest BCUT2D eigenvalue weighted by Crippen LogP contribution is 2.32. The molecule has 2 aromatic heterocycles. The Morgan fingerprint density at radius 2 is 2.06 bits per heavy atom. The summed E-state index contributed by atoms with van der Waals surface area (Å²) in [6.07, 6.45) is 7.36. The van der Waals surface area contributed by atoms with Crippen LogP contribution in [0.15, 0.2) is 29.1 Å². The summed E-state index contributed by atoms with van der Waals surface area (Å²) in [5.41, 5.74) is 2.65. The SMILES string of the molecule is CC[C@@H](c1nnnn1C1CCCCC1)N(CCCO)Cc1cc2cc(C)ccc2[nH]c1=O. The van der Waals surface area contributed by atoms with E-state index in [2.05, 4.69) is 45.3 Å². The lowest BCUT2D eigenvalue weighted by Gasteiger charge is -2.32. The molecule has 32 heavy (non-hydrogen) atoms. The van der Waals surface area contributed by atoms with E-state index in [9.17, 15) is 9.90 Å². The molecule has 0 spiro atoms. The molecular weight excluding hydrogens is 404 g/mol. The Balaban J connectivity index is 1.66. The van der Waals surface area contributed by atoms with Crippen LogP contribution in [0.2, 0.25) is 0 Å². The first-order valence-corrected chi connectivity index (χ1v) is 11.9. The number of aliphatic hydroxyl groups is 1. The van der Waals surface area contributed by atoms with Crippen molar-refractivity contribution in [2.45, 2.75) is 77.4 Å². The van der Waals surface area contributed by atoms with Gasteiger partial charge in [0.2, 0.25) is 0 Å². The van der Waals surface area contributed by atoms with Crippen molar-refractivity contribution in [1.29, 1.82) is 0 Å². The van der Waals surface area contributed by atoms with Gasteiger partial charge in [0, 0.05) is 30.8 Å². The number of rotatable bonds is 9. The molecule has 0 unspecified atom stereocenters. The minimum absolute atomic E-state index is 0.0221. The summed E-state index contributed by atoms with van der Waals surface area (Å²) in [5, 5.41) is 23.4. The number of fused-ring (bicyclic) bond motifs is 1. The number of hydrogen-bond acceptors (Lipinski definition) is 6. The van der Waals surface area contributed by atoms with E-state index in [4.69, 9.17) is 0 Å². The van der Waals surface area contributed by atoms with Crippen molar-refractivity contribution < 1.29 is 5.11 Å². The normalized spacial score (nSPS) is 16.1. The van der Waals surface area contributed by atoms with Crippen molar-refractivity contribution in [2.24, 2.45) is 0 Å². The second kappa shape index (κ2) is 10.4. The summed E-state index contributed by atoms with van der Waals surface area (Å²) >= 11 is 0. The predicted molar refractivity (Wildman–Crippen MR) is 124 cm³/mol. The van der Waals surface area contributed by atoms with E-state index in [1.54, 1.807) is 0 Å². The van der Waals surface area contributed by atoms with Crippen LogP contribution in [0.25, 0.3) is 10.9 Å². The summed E-state index contributed by atoms with van der Waals surface area (Å²) in [6.45, 7) is 5.43. The van der Waals surface area contributed by atoms with Crippen molar-refractivity contribution in [1.82, 2.24) is 30.1 Å². The monoisotopic (exact) mass is 438 g/mol. The molecule has 1 aliphatic rings. The van der Waals surface area contributed by atoms with Crippen molar-refractivity contribution in [3.8, 4) is 0 Å². The number of hydrogen-bond donors (Lipinski definition) is 2. The van der Waals surface area contributed by atoms with Crippen molar-refractivity contribution in [2.75, 3.05) is 13.2 Å². The van der Waals surface area contributed by atoms with Gasteiger partial charge in [-0.25, -0.2) is 4.68 Å². The molecule has 2 N–H and O–H groups in total. The molecule has 1 aliphatic carbocycles. The average Bonchev–Trinajstić information content (AvgIpc) is 3.28. The highest BCUT2D eigenvalue weighted by atomic mass is 16.3. The van der Waals surface area contributed by atoms with Gasteiger partial charge < -0.3 is 10.1 Å². The fourth-order valence-corrected chi connectivity index (χ4v) is 4.94. The van der Waals surface area contributed by atoms with Crippen LogP contribution in [0.5, 0.6) is 0 Å². The number of tetrazole rings is 1. The van der Waals surface area contributed by atoms with Crippen LogP contribution in [0.1, 0.15) is 80.9 Å². The first-order chi connectivity index (χ1) is 15.6. The number of aromatic nitrogens is 5. The molecule has 4 rings (SSSR count). The molecule has 2 heterocycles. The van der Waals surface area contributed by atoms with Gasteiger partial charge in [-0.2, -0.15) is 0 Å². The maximum Gasteiger partial charge on any atom is 0.252 e. The quantitative estimate of drug-likeness (QED) is 0.529. The molecular formula is C24H34N6O2. The van der Waals surface area contributed by atoms with Crippen LogP contribution in [0.4, 0.5) is 0 Å². The van der Waals surface area contributed by atoms with Gasteiger partial charge in [-0.1, -0.05) is 37.8 Å². The average molecular weight is 439 g/mol. The summed E-state index contributed by atoms with van der Waals surface area (Å²) < 4.78 is 2.02. The van der Waals surface area contributed by atoms with Crippen LogP contribution in [0.3, 0.4) is 0 Å². The smallest absolute Gasteiger partial charge is 0.252 e. The van der Waals surface area contributed by atoms with E-state index in [0.29, 0.717) is 25.6 Å². The van der Waals surface area contributed by atoms with E-state index in [0.717, 1.165) is 47.1 Å². The highest BCUT2D eigenvalue weighted by molar-refractivity contribution is 5.79. The first kappa shape index (κ1) is 22.6. The fraction of sp³-hybridized carbons (Fsp3) is 0.583. The zero-order chi connectivity index (χ0) is 22.5. The molecule has 0 bridgehead atoms. The molecule has 1 saturated carbocycles. The standard InChI is InChI=1S/C24H34N6O2/c1-3-22(23-26-27-28-30(23)20-8-5-4-6-9-20)29(12-7-13-31)16-19-15-18-14-17(2)10-11-21(18)25-24(19)32/h10-11,14-15,20,22,31H,3-9,12-13,16H2,1-2H3,(H,25,32)/t22-/m0/s1. The van der Waals surface area contributed by atoms with Gasteiger partial charge in [-0.05, 0) is 66.6 Å². The van der Waals surface area contributed by atoms with Crippen LogP contribution in [-0.2, 0) is 6.54 Å². The van der Waals surface area contributed by atoms with Crippen LogP contribution in [0, 0.1) is 6.92 Å². The van der Waals surface area contributed by atoms with Crippen molar-refractivity contribution >= 4 is 10.9 Å². The number of pyridine rings is 1. The first-order valence-electron chi connectivity index (χ1n) is 11.9. The summed E-state index contributed by atoms with van der Waals surface area (Å²) in [5.74, 6) is 0.866. The minimum atomic E-state index is -0.0722. The molecule has 3 aromatic rings. The molecule has 8 heteroatoms. The number of nitrogens with zero attached hydrogens (tertiary/aromatic N) is 5. The van der Waals surface area contributed by atoms with Gasteiger partial charge in [0.15, 0.2) is 5.82 Å². The molecule has 1 atom stereocenters. The zero-order valence-electron chi connectivity index (χ0n) is 19.1. The zero-order valence-corrected chi connectivity index (χ0v) is 19.1. The largest absolute Gasteiger partial charge is 0.396 e. The molecule has 0 aliphatic heterocycles. The van der Waals surface area contributed by atoms with E-state index >= 15 is 0 Å². The lowest BCUT2D eigenvalue weighted by molar-refractivity contribution is 0.147. The number of aromatic amines is 1. The van der Waals surface area contributed by atoms with E-state index in [1.807, 2.05) is 22.9 Å². The Hall–Kier alpha value is -2.58. The summed E-state index contributed by atoms with van der Waals surface area (Å²) in [7, 11) is 0. The molecule has 8 nitrogen and oxygen atoms in total. The molecule has 1 aromatic carbocycles. The molecule has 0 radical (unpaired) electrons. The maximum absolute atomic E-state index is 12.9. The maximum atomic E-state index is 12.9. The Kier molecular flexibility index (Phi) is 7.32. The number of aliphatic hydroxyl groups excluding tert-OH is 1. The predicted octanol–water partition coefficient (Wildman–Crippen LogP) is 3.66. The summed E-state index contributed by atoms with van der Waals surface area (Å²) in [4.78, 5) is 18.1. The topological polar surface area (TPSA) is 99.9 Å². The van der Waals surface area contributed by atoms with Gasteiger partial charge in [-0.3, -0.25) is 9.69 Å². The van der Waals surface area contributed by atoms with Crippen molar-refractivity contribution in [3.05, 3.63) is 51.6 Å². The lowest BCUT2D eigenvalue weighted by Crippen LogP contribution is -2.34. The molecule has 172 valence electrons. The number of benzene rings is 1. The van der Waals surface area contributed by atoms with Crippen molar-refractivity contribution in [3.63, 3.8) is 0 Å². The van der Waals surface area contributed by atoms with Crippen LogP contribution in [-0.4, -0.2) is 48.3 Å². The molecule has 1 fully saturated rings. The third-order valence-electron chi connectivity index (χ3n) is 6.62. The number of H-pyrrole nitrogens is 1. The third kappa shape index (κ3) is 4.91. The Bertz CT molecular complexity index is 1090. The Labute approximate surface area is 188 Å². The van der Waals surface area contributed by atoms with Gasteiger partial charge in [0.25, 0.3) is 5.56 Å². The summed E-state index contributed by atoms with van der Waals surface area (Å²) in [6, 6.07) is 8.36. The highest BCUT2D eigenvalue weighted by Gasteiger charge is 2.28.